The highest BCUT2D eigenvalue weighted by molar-refractivity contribution is 7.18. The van der Waals surface area contributed by atoms with E-state index in [0.29, 0.717) is 11.5 Å². The zero-order chi connectivity index (χ0) is 22.1. The van der Waals surface area contributed by atoms with E-state index in [1.807, 2.05) is 0 Å². The zero-order valence-electron chi connectivity index (χ0n) is 16.7. The molecule has 1 aliphatic rings. The molecule has 1 aromatic carbocycles. The van der Waals surface area contributed by atoms with Crippen LogP contribution in [0.15, 0.2) is 28.8 Å². The Kier molecular flexibility index (Phi) is 6.01. The number of benzene rings is 1. The first kappa shape index (κ1) is 21.4. The summed E-state index contributed by atoms with van der Waals surface area (Å²) in [7, 11) is 0. The van der Waals surface area contributed by atoms with Crippen LogP contribution < -0.4 is 4.90 Å². The third kappa shape index (κ3) is 4.45. The van der Waals surface area contributed by atoms with Crippen molar-refractivity contribution >= 4 is 45.5 Å². The summed E-state index contributed by atoms with van der Waals surface area (Å²) in [5.74, 6) is -0.896. The average molecular weight is 465 g/mol. The van der Waals surface area contributed by atoms with Gasteiger partial charge in [0.1, 0.15) is 16.7 Å². The van der Waals surface area contributed by atoms with Gasteiger partial charge < -0.3 is 14.2 Å². The maximum absolute atomic E-state index is 13.4. The molecule has 0 spiro atoms. The van der Waals surface area contributed by atoms with Gasteiger partial charge in [-0.05, 0) is 51.0 Å². The maximum atomic E-state index is 13.4. The number of esters is 1. The van der Waals surface area contributed by atoms with E-state index in [-0.39, 0.29) is 33.6 Å². The number of ether oxygens (including phenoxy) is 1. The molecule has 1 aliphatic carbocycles. The lowest BCUT2D eigenvalue weighted by molar-refractivity contribution is -0.144. The van der Waals surface area contributed by atoms with Crippen molar-refractivity contribution in [3.05, 3.63) is 51.8 Å². The van der Waals surface area contributed by atoms with Crippen molar-refractivity contribution in [2.24, 2.45) is 0 Å². The molecule has 11 heteroatoms. The summed E-state index contributed by atoms with van der Waals surface area (Å²) in [6.45, 7) is 3.52. The van der Waals surface area contributed by atoms with Crippen molar-refractivity contribution < 1.29 is 23.2 Å². The number of rotatable bonds is 8. The maximum Gasteiger partial charge on any atom is 0.328 e. The predicted octanol–water partition coefficient (Wildman–Crippen LogP) is 4.52. The first-order valence-corrected chi connectivity index (χ1v) is 10.8. The molecule has 0 N–H and O–H groups in total. The highest BCUT2D eigenvalue weighted by Crippen LogP contribution is 2.39. The van der Waals surface area contributed by atoms with Crippen molar-refractivity contribution in [3.8, 4) is 0 Å². The van der Waals surface area contributed by atoms with Crippen LogP contribution in [0.5, 0.6) is 0 Å². The lowest BCUT2D eigenvalue weighted by Crippen LogP contribution is -2.36. The van der Waals surface area contributed by atoms with Crippen LogP contribution in [-0.4, -0.2) is 39.5 Å². The van der Waals surface area contributed by atoms with E-state index in [2.05, 4.69) is 15.1 Å². The van der Waals surface area contributed by atoms with Gasteiger partial charge in [0.05, 0.1) is 6.61 Å². The van der Waals surface area contributed by atoms with Crippen molar-refractivity contribution in [2.45, 2.75) is 38.6 Å². The Morgan fingerprint density at radius 2 is 2.03 bits per heavy atom. The molecule has 3 aromatic rings. The van der Waals surface area contributed by atoms with Gasteiger partial charge in [0, 0.05) is 11.6 Å². The van der Waals surface area contributed by atoms with Crippen molar-refractivity contribution in [1.82, 2.24) is 15.1 Å². The Balaban J connectivity index is 1.68. The lowest BCUT2D eigenvalue weighted by Gasteiger charge is -2.27. The second-order valence-electron chi connectivity index (χ2n) is 6.95. The average Bonchev–Trinajstić information content (AvgIpc) is 3.36. The fourth-order valence-corrected chi connectivity index (χ4v) is 4.26. The van der Waals surface area contributed by atoms with E-state index in [4.69, 9.17) is 20.9 Å². The molecule has 162 valence electrons. The lowest BCUT2D eigenvalue weighted by atomic mass is 10.2. The molecule has 0 saturated heterocycles. The summed E-state index contributed by atoms with van der Waals surface area (Å²) in [6.07, 6.45) is 1.94. The van der Waals surface area contributed by atoms with Gasteiger partial charge in [0.25, 0.3) is 11.7 Å². The van der Waals surface area contributed by atoms with E-state index in [9.17, 15) is 14.0 Å². The number of carbonyl (C=O) groups excluding carboxylic acids is 2. The summed E-state index contributed by atoms with van der Waals surface area (Å²) < 4.78 is 23.7. The van der Waals surface area contributed by atoms with E-state index in [1.165, 1.54) is 29.2 Å². The van der Waals surface area contributed by atoms with Gasteiger partial charge >= 0.3 is 5.97 Å². The standard InChI is InChI=1S/C20H18ClFN4O4S/c1-3-29-19(28)10(2)26(13-8-6-12(22)7-9-13)20-23-16(21)15(31-20)14(27)18-24-17(25-30-18)11-4-5-11/h6-11H,3-5H2,1-2H3/t10-/m0/s1. The Morgan fingerprint density at radius 1 is 1.32 bits per heavy atom. The molecule has 1 fully saturated rings. The van der Waals surface area contributed by atoms with Crippen LogP contribution in [0.3, 0.4) is 0 Å². The third-order valence-electron chi connectivity index (χ3n) is 4.69. The van der Waals surface area contributed by atoms with Crippen LogP contribution >= 0.6 is 22.9 Å². The molecule has 0 radical (unpaired) electrons. The smallest absolute Gasteiger partial charge is 0.328 e. The fraction of sp³-hybridized carbons (Fsp3) is 0.350. The summed E-state index contributed by atoms with van der Waals surface area (Å²) in [4.78, 5) is 35.4. The Morgan fingerprint density at radius 3 is 2.68 bits per heavy atom. The number of halogens is 2. The van der Waals surface area contributed by atoms with Crippen LogP contribution in [0.2, 0.25) is 5.15 Å². The summed E-state index contributed by atoms with van der Waals surface area (Å²) in [6, 6.07) is 4.72. The van der Waals surface area contributed by atoms with Crippen LogP contribution in [0.25, 0.3) is 0 Å². The molecule has 8 nitrogen and oxygen atoms in total. The van der Waals surface area contributed by atoms with Gasteiger partial charge in [-0.1, -0.05) is 28.1 Å². The Labute approximate surface area is 186 Å². The fourth-order valence-electron chi connectivity index (χ4n) is 2.94. The van der Waals surface area contributed by atoms with Crippen LogP contribution in [-0.2, 0) is 9.53 Å². The number of anilines is 2. The quantitative estimate of drug-likeness (QED) is 0.354. The molecule has 0 unspecified atom stereocenters. The van der Waals surface area contributed by atoms with Crippen molar-refractivity contribution in [2.75, 3.05) is 11.5 Å². The van der Waals surface area contributed by atoms with E-state index >= 15 is 0 Å². The van der Waals surface area contributed by atoms with Gasteiger partial charge in [-0.15, -0.1) is 0 Å². The number of aromatic nitrogens is 3. The van der Waals surface area contributed by atoms with Gasteiger partial charge in [0.15, 0.2) is 16.1 Å². The molecule has 0 aliphatic heterocycles. The van der Waals surface area contributed by atoms with E-state index in [0.717, 1.165) is 24.2 Å². The summed E-state index contributed by atoms with van der Waals surface area (Å²) >= 11 is 7.23. The number of thiazole rings is 1. The third-order valence-corrected chi connectivity index (χ3v) is 6.12. The van der Waals surface area contributed by atoms with E-state index in [1.54, 1.807) is 13.8 Å². The minimum Gasteiger partial charge on any atom is -0.464 e. The number of hydrogen-bond donors (Lipinski definition) is 0. The number of hydrogen-bond acceptors (Lipinski definition) is 9. The Bertz CT molecular complexity index is 1110. The topological polar surface area (TPSA) is 98.4 Å². The SMILES string of the molecule is CCOC(=O)[C@H](C)N(c1ccc(F)cc1)c1nc(Cl)c(C(=O)c2nc(C3CC3)no2)s1. The van der Waals surface area contributed by atoms with Gasteiger partial charge in [-0.2, -0.15) is 4.98 Å². The largest absolute Gasteiger partial charge is 0.464 e. The minimum atomic E-state index is -0.805. The molecule has 31 heavy (non-hydrogen) atoms. The zero-order valence-corrected chi connectivity index (χ0v) is 18.2. The van der Waals surface area contributed by atoms with Crippen LogP contribution in [0.4, 0.5) is 15.2 Å². The Hall–Kier alpha value is -2.85. The molecule has 1 atom stereocenters. The molecule has 1 saturated carbocycles. The summed E-state index contributed by atoms with van der Waals surface area (Å²) in [5, 5.41) is 4.06. The molecule has 2 aromatic heterocycles. The molecule has 0 amide bonds. The number of nitrogens with zero attached hydrogens (tertiary/aromatic N) is 4. The predicted molar refractivity (Wildman–Crippen MR) is 111 cm³/mol. The monoisotopic (exact) mass is 464 g/mol. The highest BCUT2D eigenvalue weighted by Gasteiger charge is 2.33. The molecule has 4 rings (SSSR count). The van der Waals surface area contributed by atoms with E-state index < -0.39 is 23.6 Å². The molecule has 2 heterocycles. The second-order valence-corrected chi connectivity index (χ2v) is 8.29. The van der Waals surface area contributed by atoms with Gasteiger partial charge in [0.2, 0.25) is 0 Å². The van der Waals surface area contributed by atoms with Crippen molar-refractivity contribution in [1.29, 1.82) is 0 Å². The first-order valence-electron chi connectivity index (χ1n) is 9.65. The summed E-state index contributed by atoms with van der Waals surface area (Å²) in [5.41, 5.74) is 0.486. The normalized spacial score (nSPS) is 14.3. The van der Waals surface area contributed by atoms with Crippen LogP contribution in [0, 0.1) is 5.82 Å². The van der Waals surface area contributed by atoms with Crippen molar-refractivity contribution in [3.63, 3.8) is 0 Å². The first-order chi connectivity index (χ1) is 14.9. The number of ketones is 1. The molecular formula is C20H18ClFN4O4S. The van der Waals surface area contributed by atoms with Crippen LogP contribution in [0.1, 0.15) is 54.0 Å². The van der Waals surface area contributed by atoms with Gasteiger partial charge in [-0.3, -0.25) is 4.79 Å². The second kappa shape index (κ2) is 8.72. The highest BCUT2D eigenvalue weighted by atomic mass is 35.5. The molecule has 0 bridgehead atoms. The number of carbonyl (C=O) groups is 2. The van der Waals surface area contributed by atoms with Gasteiger partial charge in [-0.25, -0.2) is 14.2 Å². The molecular weight excluding hydrogens is 447 g/mol. The minimum absolute atomic E-state index is 0.0562.